The Morgan fingerprint density at radius 1 is 1.14 bits per heavy atom. The fourth-order valence-electron chi connectivity index (χ4n) is 5.43. The molecule has 4 unspecified atom stereocenters. The van der Waals surface area contributed by atoms with Crippen LogP contribution in [0.15, 0.2) is 29.4 Å². The Hall–Kier alpha value is -2.22. The van der Waals surface area contributed by atoms with Crippen LogP contribution in [0, 0.1) is 11.8 Å². The normalized spacial score (nSPS) is 24.1. The van der Waals surface area contributed by atoms with E-state index in [4.69, 9.17) is 4.74 Å². The number of aromatic nitrogens is 3. The summed E-state index contributed by atoms with van der Waals surface area (Å²) in [6.07, 6.45) is 9.54. The summed E-state index contributed by atoms with van der Waals surface area (Å²) in [7, 11) is 1.68. The van der Waals surface area contributed by atoms with Gasteiger partial charge in [-0.15, -0.1) is 10.2 Å². The molecule has 0 bridgehead atoms. The first-order valence-electron chi connectivity index (χ1n) is 13.2. The third kappa shape index (κ3) is 6.51. The van der Waals surface area contributed by atoms with Gasteiger partial charge in [0.1, 0.15) is 5.75 Å². The van der Waals surface area contributed by atoms with Gasteiger partial charge >= 0.3 is 0 Å². The Labute approximate surface area is 214 Å². The van der Waals surface area contributed by atoms with Crippen LogP contribution in [0.3, 0.4) is 0 Å². The number of benzene rings is 1. The molecule has 8 heteroatoms. The molecule has 0 aliphatic heterocycles. The van der Waals surface area contributed by atoms with E-state index in [1.807, 2.05) is 31.2 Å². The van der Waals surface area contributed by atoms with Crippen LogP contribution in [0.25, 0.3) is 0 Å². The number of hydrogen-bond donors (Lipinski definition) is 2. The first-order valence-corrected chi connectivity index (χ1v) is 14.1. The van der Waals surface area contributed by atoms with Crippen molar-refractivity contribution in [2.45, 2.75) is 101 Å². The van der Waals surface area contributed by atoms with Gasteiger partial charge in [0.05, 0.1) is 18.9 Å². The number of rotatable bonds is 9. The Morgan fingerprint density at radius 3 is 2.71 bits per heavy atom. The molecule has 1 amide bonds. The van der Waals surface area contributed by atoms with Gasteiger partial charge in [-0.2, -0.15) is 0 Å². The number of nitrogens with zero attached hydrogens (tertiary/aromatic N) is 3. The maximum atomic E-state index is 13.1. The molecule has 2 aromatic rings. The quantitative estimate of drug-likeness (QED) is 0.423. The maximum Gasteiger partial charge on any atom is 0.233 e. The zero-order chi connectivity index (χ0) is 24.8. The summed E-state index contributed by atoms with van der Waals surface area (Å²) in [5.41, 5.74) is 0.986. The lowest BCUT2D eigenvalue weighted by atomic mass is 9.78. The van der Waals surface area contributed by atoms with Crippen LogP contribution in [0.2, 0.25) is 0 Å². The highest BCUT2D eigenvalue weighted by atomic mass is 32.2. The number of carbonyl (C=O) groups excluding carboxylic acids is 1. The number of hydrogen-bond acceptors (Lipinski definition) is 6. The van der Waals surface area contributed by atoms with Crippen LogP contribution in [0.1, 0.15) is 84.0 Å². The summed E-state index contributed by atoms with van der Waals surface area (Å²) in [5, 5.41) is 16.6. The van der Waals surface area contributed by atoms with Crippen molar-refractivity contribution in [2.75, 3.05) is 12.4 Å². The summed E-state index contributed by atoms with van der Waals surface area (Å²) >= 11 is 1.54. The minimum atomic E-state index is -0.217. The first kappa shape index (κ1) is 25.9. The topological polar surface area (TPSA) is 81.1 Å². The van der Waals surface area contributed by atoms with Crippen molar-refractivity contribution in [1.82, 2.24) is 20.1 Å². The third-order valence-corrected chi connectivity index (χ3v) is 8.94. The van der Waals surface area contributed by atoms with Crippen LogP contribution < -0.4 is 15.4 Å². The average Bonchev–Trinajstić information content (AvgIpc) is 3.28. The summed E-state index contributed by atoms with van der Waals surface area (Å²) in [6.45, 7) is 7.14. The van der Waals surface area contributed by atoms with Gasteiger partial charge in [0.25, 0.3) is 0 Å². The van der Waals surface area contributed by atoms with Crippen molar-refractivity contribution in [3.63, 3.8) is 0 Å². The zero-order valence-corrected chi connectivity index (χ0v) is 22.4. The molecule has 4 rings (SSSR count). The van der Waals surface area contributed by atoms with Crippen LogP contribution in [0.5, 0.6) is 5.75 Å². The van der Waals surface area contributed by atoms with E-state index in [0.29, 0.717) is 24.4 Å². The molecule has 2 N–H and O–H groups in total. The molecule has 0 radical (unpaired) electrons. The summed E-state index contributed by atoms with van der Waals surface area (Å²) in [5.74, 6) is 3.03. The van der Waals surface area contributed by atoms with Gasteiger partial charge in [-0.25, -0.2) is 0 Å². The number of methoxy groups -OCH3 is 1. The Morgan fingerprint density at radius 2 is 1.94 bits per heavy atom. The molecule has 1 aromatic heterocycles. The number of anilines is 1. The molecule has 4 atom stereocenters. The monoisotopic (exact) mass is 499 g/mol. The lowest BCUT2D eigenvalue weighted by molar-refractivity contribution is -0.121. The standard InChI is InChI=1S/C27H41N5O2S/c1-18-10-8-15-24(19(18)2)29-26(33)20(3)35-27-31-30-25(32(27)22-12-6-5-7-13-22)17-28-21-11-9-14-23(16-21)34-4/h9,11,14,16,18-20,22,24,28H,5-8,10,12-13,15,17H2,1-4H3,(H,29,33). The summed E-state index contributed by atoms with van der Waals surface area (Å²) in [6, 6.07) is 8.58. The molecule has 35 heavy (non-hydrogen) atoms. The molecule has 0 spiro atoms. The van der Waals surface area contributed by atoms with Gasteiger partial charge in [-0.05, 0) is 50.2 Å². The van der Waals surface area contributed by atoms with E-state index in [-0.39, 0.29) is 17.2 Å². The second kappa shape index (κ2) is 12.2. The van der Waals surface area contributed by atoms with E-state index < -0.39 is 0 Å². The minimum absolute atomic E-state index is 0.107. The Kier molecular flexibility index (Phi) is 8.98. The zero-order valence-electron chi connectivity index (χ0n) is 21.6. The fraction of sp³-hybridized carbons (Fsp3) is 0.667. The molecule has 2 aliphatic rings. The van der Waals surface area contributed by atoms with Gasteiger partial charge in [-0.3, -0.25) is 4.79 Å². The SMILES string of the molecule is COc1cccc(NCc2nnc(SC(C)C(=O)NC3CCCC(C)C3C)n2C2CCCCC2)c1. The predicted octanol–water partition coefficient (Wildman–Crippen LogP) is 5.83. The number of nitrogens with one attached hydrogen (secondary N) is 2. The molecule has 2 aliphatic carbocycles. The van der Waals surface area contributed by atoms with Gasteiger partial charge in [0.2, 0.25) is 5.91 Å². The van der Waals surface area contributed by atoms with Crippen molar-refractivity contribution < 1.29 is 9.53 Å². The van der Waals surface area contributed by atoms with Crippen LogP contribution in [0.4, 0.5) is 5.69 Å². The van der Waals surface area contributed by atoms with Crippen molar-refractivity contribution in [3.8, 4) is 5.75 Å². The molecule has 1 aromatic carbocycles. The van der Waals surface area contributed by atoms with Gasteiger partial charge < -0.3 is 19.9 Å². The lowest BCUT2D eigenvalue weighted by Gasteiger charge is -2.35. The lowest BCUT2D eigenvalue weighted by Crippen LogP contribution is -2.46. The van der Waals surface area contributed by atoms with E-state index >= 15 is 0 Å². The largest absolute Gasteiger partial charge is 0.497 e. The minimum Gasteiger partial charge on any atom is -0.497 e. The van der Waals surface area contributed by atoms with Crippen molar-refractivity contribution in [1.29, 1.82) is 0 Å². The van der Waals surface area contributed by atoms with E-state index in [2.05, 4.69) is 39.2 Å². The smallest absolute Gasteiger partial charge is 0.233 e. The van der Waals surface area contributed by atoms with Crippen LogP contribution in [-0.4, -0.2) is 39.1 Å². The van der Waals surface area contributed by atoms with Crippen molar-refractivity contribution in [3.05, 3.63) is 30.1 Å². The molecular weight excluding hydrogens is 458 g/mol. The van der Waals surface area contributed by atoms with Crippen LogP contribution >= 0.6 is 11.8 Å². The number of ether oxygens (including phenoxy) is 1. The number of carbonyl (C=O) groups is 1. The molecule has 192 valence electrons. The first-order chi connectivity index (χ1) is 17.0. The highest BCUT2D eigenvalue weighted by Crippen LogP contribution is 2.35. The van der Waals surface area contributed by atoms with E-state index in [1.54, 1.807) is 18.9 Å². The van der Waals surface area contributed by atoms with E-state index in [1.165, 1.54) is 32.1 Å². The van der Waals surface area contributed by atoms with Crippen molar-refractivity contribution in [2.24, 2.45) is 11.8 Å². The highest BCUT2D eigenvalue weighted by molar-refractivity contribution is 8.00. The third-order valence-electron chi connectivity index (χ3n) is 7.88. The molecule has 2 saturated carbocycles. The molecule has 2 fully saturated rings. The molecule has 1 heterocycles. The highest BCUT2D eigenvalue weighted by Gasteiger charge is 2.31. The molecular formula is C27H41N5O2S. The van der Waals surface area contributed by atoms with Crippen molar-refractivity contribution >= 4 is 23.4 Å². The summed E-state index contributed by atoms with van der Waals surface area (Å²) in [4.78, 5) is 13.1. The second-order valence-corrected chi connectivity index (χ2v) is 11.6. The Bertz CT molecular complexity index is 974. The fourth-order valence-corrected chi connectivity index (χ4v) is 6.37. The number of thioether (sulfide) groups is 1. The molecule has 0 saturated heterocycles. The maximum absolute atomic E-state index is 13.1. The number of amides is 1. The summed E-state index contributed by atoms with van der Waals surface area (Å²) < 4.78 is 7.65. The Balaban J connectivity index is 1.46. The average molecular weight is 500 g/mol. The van der Waals surface area contributed by atoms with Gasteiger partial charge in [0, 0.05) is 23.8 Å². The van der Waals surface area contributed by atoms with Crippen LogP contribution in [-0.2, 0) is 11.3 Å². The van der Waals surface area contributed by atoms with Gasteiger partial charge in [0.15, 0.2) is 11.0 Å². The van der Waals surface area contributed by atoms with E-state index in [0.717, 1.165) is 41.7 Å². The van der Waals surface area contributed by atoms with Gasteiger partial charge in [-0.1, -0.05) is 63.8 Å². The second-order valence-electron chi connectivity index (χ2n) is 10.3. The molecule has 7 nitrogen and oxygen atoms in total. The predicted molar refractivity (Wildman–Crippen MR) is 142 cm³/mol. The van der Waals surface area contributed by atoms with E-state index in [9.17, 15) is 4.79 Å².